The van der Waals surface area contributed by atoms with Crippen molar-refractivity contribution in [3.63, 3.8) is 0 Å². The van der Waals surface area contributed by atoms with Crippen LogP contribution in [-0.2, 0) is 4.79 Å². The molecule has 0 radical (unpaired) electrons. The van der Waals surface area contributed by atoms with Gasteiger partial charge in [-0.05, 0) is 45.6 Å². The highest BCUT2D eigenvalue weighted by molar-refractivity contribution is 5.77. The lowest BCUT2D eigenvalue weighted by Gasteiger charge is -2.25. The van der Waals surface area contributed by atoms with Crippen LogP contribution < -0.4 is 10.1 Å². The van der Waals surface area contributed by atoms with E-state index in [0.717, 1.165) is 0 Å². The van der Waals surface area contributed by atoms with E-state index in [1.807, 2.05) is 45.3 Å². The normalized spacial score (nSPS) is 12.0. The van der Waals surface area contributed by atoms with E-state index in [1.54, 1.807) is 0 Å². The number of nitrogens with zero attached hydrogens (tertiary/aromatic N) is 1. The Morgan fingerprint density at radius 3 is 2.08 bits per heavy atom. The number of hydrogen-bond donors (Lipinski definition) is 1. The molecule has 1 amide bonds. The van der Waals surface area contributed by atoms with Gasteiger partial charge in [0.2, 0.25) is 0 Å². The van der Waals surface area contributed by atoms with Gasteiger partial charge in [0.05, 0.1) is 6.04 Å². The van der Waals surface area contributed by atoms with Gasteiger partial charge < -0.3 is 15.0 Å². The van der Waals surface area contributed by atoms with E-state index < -0.39 is 0 Å². The van der Waals surface area contributed by atoms with Crippen molar-refractivity contribution in [3.05, 3.63) is 65.2 Å². The smallest absolute Gasteiger partial charge is 0.258 e. The quantitative estimate of drug-likeness (QED) is 0.850. The SMILES string of the molecule is Cc1ccc(OCC(=O)NCC(c2ccc(C)cc2)N(C)C)cc1. The molecule has 2 aromatic rings. The Hall–Kier alpha value is -2.33. The van der Waals surface area contributed by atoms with Crippen molar-refractivity contribution in [1.82, 2.24) is 10.2 Å². The molecule has 0 saturated carbocycles. The molecule has 4 nitrogen and oxygen atoms in total. The molecular weight excluding hydrogens is 300 g/mol. The van der Waals surface area contributed by atoms with E-state index >= 15 is 0 Å². The van der Waals surface area contributed by atoms with E-state index in [-0.39, 0.29) is 18.6 Å². The highest BCUT2D eigenvalue weighted by atomic mass is 16.5. The monoisotopic (exact) mass is 326 g/mol. The standard InChI is InChI=1S/C20H26N2O2/c1-15-5-9-17(10-6-15)19(22(3)4)13-21-20(23)14-24-18-11-7-16(2)8-12-18/h5-12,19H,13-14H2,1-4H3,(H,21,23). The number of hydrogen-bond acceptors (Lipinski definition) is 3. The number of likely N-dealkylation sites (N-methyl/N-ethyl adjacent to an activating group) is 1. The summed E-state index contributed by atoms with van der Waals surface area (Å²) in [7, 11) is 4.03. The van der Waals surface area contributed by atoms with Crippen molar-refractivity contribution >= 4 is 5.91 Å². The minimum Gasteiger partial charge on any atom is -0.484 e. The van der Waals surface area contributed by atoms with E-state index in [1.165, 1.54) is 16.7 Å². The second-order valence-electron chi connectivity index (χ2n) is 6.30. The molecule has 0 fully saturated rings. The van der Waals surface area contributed by atoms with Gasteiger partial charge in [-0.2, -0.15) is 0 Å². The largest absolute Gasteiger partial charge is 0.484 e. The first-order valence-corrected chi connectivity index (χ1v) is 8.15. The van der Waals surface area contributed by atoms with Crippen LogP contribution in [0, 0.1) is 13.8 Å². The lowest BCUT2D eigenvalue weighted by atomic mass is 10.0. The zero-order chi connectivity index (χ0) is 17.5. The summed E-state index contributed by atoms with van der Waals surface area (Å²) < 4.78 is 5.51. The Morgan fingerprint density at radius 2 is 1.54 bits per heavy atom. The van der Waals surface area contributed by atoms with Gasteiger partial charge >= 0.3 is 0 Å². The average Bonchev–Trinajstić information content (AvgIpc) is 2.56. The van der Waals surface area contributed by atoms with Crippen LogP contribution in [0.2, 0.25) is 0 Å². The van der Waals surface area contributed by atoms with Gasteiger partial charge in [-0.3, -0.25) is 4.79 Å². The van der Waals surface area contributed by atoms with Crippen molar-refractivity contribution < 1.29 is 9.53 Å². The lowest BCUT2D eigenvalue weighted by molar-refractivity contribution is -0.123. The third-order valence-corrected chi connectivity index (χ3v) is 3.97. The predicted molar refractivity (Wildman–Crippen MR) is 97.3 cm³/mol. The summed E-state index contributed by atoms with van der Waals surface area (Å²) in [6.45, 7) is 4.66. The number of nitrogens with one attached hydrogen (secondary N) is 1. The maximum atomic E-state index is 12.0. The van der Waals surface area contributed by atoms with Crippen molar-refractivity contribution in [1.29, 1.82) is 0 Å². The molecule has 0 aromatic heterocycles. The highest BCUT2D eigenvalue weighted by Crippen LogP contribution is 2.18. The van der Waals surface area contributed by atoms with Crippen LogP contribution in [0.3, 0.4) is 0 Å². The average molecular weight is 326 g/mol. The van der Waals surface area contributed by atoms with Crippen LogP contribution in [-0.4, -0.2) is 38.1 Å². The third kappa shape index (κ3) is 5.39. The summed E-state index contributed by atoms with van der Waals surface area (Å²) in [5, 5.41) is 2.95. The fourth-order valence-corrected chi connectivity index (χ4v) is 2.43. The zero-order valence-corrected chi connectivity index (χ0v) is 14.9. The first-order valence-electron chi connectivity index (χ1n) is 8.15. The van der Waals surface area contributed by atoms with Crippen LogP contribution in [0.5, 0.6) is 5.75 Å². The molecule has 1 N–H and O–H groups in total. The second-order valence-corrected chi connectivity index (χ2v) is 6.30. The Bertz CT molecular complexity index is 648. The Kier molecular flexibility index (Phi) is 6.38. The molecule has 0 aliphatic carbocycles. The summed E-state index contributed by atoms with van der Waals surface area (Å²) in [5.41, 5.74) is 3.58. The van der Waals surface area contributed by atoms with E-state index in [9.17, 15) is 4.79 Å². The molecule has 1 atom stereocenters. The molecule has 0 bridgehead atoms. The summed E-state index contributed by atoms with van der Waals surface area (Å²) in [6.07, 6.45) is 0. The molecule has 0 aliphatic heterocycles. The molecule has 2 rings (SSSR count). The molecule has 1 unspecified atom stereocenters. The van der Waals surface area contributed by atoms with E-state index in [0.29, 0.717) is 12.3 Å². The van der Waals surface area contributed by atoms with Gasteiger partial charge in [0.15, 0.2) is 6.61 Å². The number of ether oxygens (including phenoxy) is 1. The molecule has 24 heavy (non-hydrogen) atoms. The van der Waals surface area contributed by atoms with Crippen LogP contribution in [0.1, 0.15) is 22.7 Å². The summed E-state index contributed by atoms with van der Waals surface area (Å²) >= 11 is 0. The molecule has 0 heterocycles. The number of carbonyl (C=O) groups is 1. The van der Waals surface area contributed by atoms with Gasteiger partial charge in [-0.15, -0.1) is 0 Å². The molecule has 4 heteroatoms. The summed E-state index contributed by atoms with van der Waals surface area (Å²) in [4.78, 5) is 14.1. The van der Waals surface area contributed by atoms with Crippen molar-refractivity contribution in [2.75, 3.05) is 27.2 Å². The first-order chi connectivity index (χ1) is 11.5. The maximum Gasteiger partial charge on any atom is 0.258 e. The maximum absolute atomic E-state index is 12.0. The minimum absolute atomic E-state index is 0.0249. The summed E-state index contributed by atoms with van der Waals surface area (Å²) in [5.74, 6) is 0.591. The van der Waals surface area contributed by atoms with Crippen LogP contribution in [0.15, 0.2) is 48.5 Å². The van der Waals surface area contributed by atoms with Gasteiger partial charge in [-0.1, -0.05) is 47.5 Å². The first kappa shape index (κ1) is 18.0. The number of benzene rings is 2. The van der Waals surface area contributed by atoms with Gasteiger partial charge in [0, 0.05) is 6.54 Å². The third-order valence-electron chi connectivity index (χ3n) is 3.97. The molecule has 0 spiro atoms. The zero-order valence-electron chi connectivity index (χ0n) is 14.9. The topological polar surface area (TPSA) is 41.6 Å². The van der Waals surface area contributed by atoms with Crippen LogP contribution >= 0.6 is 0 Å². The molecule has 128 valence electrons. The molecule has 2 aromatic carbocycles. The Labute approximate surface area is 144 Å². The fraction of sp³-hybridized carbons (Fsp3) is 0.350. The van der Waals surface area contributed by atoms with E-state index in [4.69, 9.17) is 4.74 Å². The second kappa shape index (κ2) is 8.50. The van der Waals surface area contributed by atoms with Gasteiger partial charge in [0.25, 0.3) is 5.91 Å². The molecular formula is C20H26N2O2. The number of rotatable bonds is 7. The van der Waals surface area contributed by atoms with Crippen molar-refractivity contribution in [3.8, 4) is 5.75 Å². The van der Waals surface area contributed by atoms with Crippen LogP contribution in [0.25, 0.3) is 0 Å². The molecule has 0 aliphatic rings. The van der Waals surface area contributed by atoms with E-state index in [2.05, 4.69) is 41.4 Å². The minimum atomic E-state index is -0.116. The number of carbonyl (C=O) groups excluding carboxylic acids is 1. The lowest BCUT2D eigenvalue weighted by Crippen LogP contribution is -2.36. The van der Waals surface area contributed by atoms with Gasteiger partial charge in [0.1, 0.15) is 5.75 Å². The summed E-state index contributed by atoms with van der Waals surface area (Å²) in [6, 6.07) is 16.2. The van der Waals surface area contributed by atoms with Gasteiger partial charge in [-0.25, -0.2) is 0 Å². The Morgan fingerprint density at radius 1 is 1.00 bits per heavy atom. The molecule has 0 saturated heterocycles. The number of aryl methyl sites for hydroxylation is 2. The highest BCUT2D eigenvalue weighted by Gasteiger charge is 2.15. The predicted octanol–water partition coefficient (Wildman–Crippen LogP) is 3.10. The van der Waals surface area contributed by atoms with Crippen LogP contribution in [0.4, 0.5) is 0 Å². The van der Waals surface area contributed by atoms with Crippen molar-refractivity contribution in [2.45, 2.75) is 19.9 Å². The fourth-order valence-electron chi connectivity index (χ4n) is 2.43. The Balaban J connectivity index is 1.86. The van der Waals surface area contributed by atoms with Crippen molar-refractivity contribution in [2.24, 2.45) is 0 Å². The number of amides is 1.